The molecule has 0 aliphatic carbocycles. The van der Waals surface area contributed by atoms with Crippen molar-refractivity contribution >= 4 is 11.6 Å². The zero-order chi connectivity index (χ0) is 13.1. The smallest absolute Gasteiger partial charge is 0.118 e. The number of ether oxygens (including phenoxy) is 1. The Balaban J connectivity index is 2.00. The number of benzene rings is 1. The average Bonchev–Trinajstić information content (AvgIpc) is 2.42. The van der Waals surface area contributed by atoms with E-state index >= 15 is 0 Å². The first kappa shape index (κ1) is 15.4. The van der Waals surface area contributed by atoms with Gasteiger partial charge in [-0.1, -0.05) is 44.2 Å². The van der Waals surface area contributed by atoms with E-state index in [0.717, 1.165) is 11.6 Å². The molecule has 0 N–H and O–H groups in total. The maximum Gasteiger partial charge on any atom is 0.118 e. The van der Waals surface area contributed by atoms with Crippen LogP contribution in [0.3, 0.4) is 0 Å². The van der Waals surface area contributed by atoms with Crippen molar-refractivity contribution in [1.82, 2.24) is 0 Å². The van der Waals surface area contributed by atoms with Crippen LogP contribution in [-0.2, 0) is 6.42 Å². The normalized spacial score (nSPS) is 10.6. The maximum absolute atomic E-state index is 5.64. The molecule has 0 heterocycles. The van der Waals surface area contributed by atoms with E-state index in [0.29, 0.717) is 0 Å². The molecule has 0 unspecified atom stereocenters. The highest BCUT2D eigenvalue weighted by atomic mass is 35.5. The molecule has 0 radical (unpaired) electrons. The zero-order valence-corrected chi connectivity index (χ0v) is 12.2. The third-order valence-corrected chi connectivity index (χ3v) is 3.53. The van der Waals surface area contributed by atoms with Crippen molar-refractivity contribution in [1.29, 1.82) is 0 Å². The summed E-state index contributed by atoms with van der Waals surface area (Å²) < 4.78 is 5.15. The van der Waals surface area contributed by atoms with Crippen LogP contribution < -0.4 is 4.74 Å². The molecule has 1 aromatic rings. The highest BCUT2D eigenvalue weighted by molar-refractivity contribution is 6.17. The van der Waals surface area contributed by atoms with Crippen LogP contribution in [0.5, 0.6) is 5.75 Å². The largest absolute Gasteiger partial charge is 0.497 e. The Morgan fingerprint density at radius 2 is 1.39 bits per heavy atom. The minimum Gasteiger partial charge on any atom is -0.497 e. The molecule has 0 bridgehead atoms. The summed E-state index contributed by atoms with van der Waals surface area (Å²) in [5.41, 5.74) is 1.41. The van der Waals surface area contributed by atoms with E-state index in [1.807, 2.05) is 12.1 Å². The monoisotopic (exact) mass is 268 g/mol. The molecular formula is C16H25ClO. The molecule has 0 saturated carbocycles. The average molecular weight is 269 g/mol. The SMILES string of the molecule is COc1ccc(CCCCCCCCCCl)cc1. The van der Waals surface area contributed by atoms with Gasteiger partial charge in [-0.3, -0.25) is 0 Å². The Labute approximate surface area is 116 Å². The van der Waals surface area contributed by atoms with Crippen molar-refractivity contribution in [2.24, 2.45) is 0 Å². The van der Waals surface area contributed by atoms with E-state index in [4.69, 9.17) is 16.3 Å². The summed E-state index contributed by atoms with van der Waals surface area (Å²) in [4.78, 5) is 0. The Hall–Kier alpha value is -0.690. The maximum atomic E-state index is 5.64. The topological polar surface area (TPSA) is 9.23 Å². The van der Waals surface area contributed by atoms with E-state index < -0.39 is 0 Å². The Morgan fingerprint density at radius 1 is 0.833 bits per heavy atom. The van der Waals surface area contributed by atoms with Crippen LogP contribution in [0.1, 0.15) is 50.5 Å². The van der Waals surface area contributed by atoms with Gasteiger partial charge in [0.25, 0.3) is 0 Å². The second kappa shape index (κ2) is 10.3. The summed E-state index contributed by atoms with van der Waals surface area (Å²) in [6.45, 7) is 0. The van der Waals surface area contributed by atoms with Gasteiger partial charge in [-0.05, 0) is 37.0 Å². The molecule has 1 rings (SSSR count). The van der Waals surface area contributed by atoms with Gasteiger partial charge in [-0.25, -0.2) is 0 Å². The molecule has 2 heteroatoms. The quantitative estimate of drug-likeness (QED) is 0.418. The number of aryl methyl sites for hydroxylation is 1. The minimum absolute atomic E-state index is 0.817. The second-order valence-corrected chi connectivity index (χ2v) is 5.14. The number of hydrogen-bond donors (Lipinski definition) is 0. The van der Waals surface area contributed by atoms with Crippen molar-refractivity contribution in [2.75, 3.05) is 13.0 Å². The number of hydrogen-bond acceptors (Lipinski definition) is 1. The van der Waals surface area contributed by atoms with Gasteiger partial charge in [0.15, 0.2) is 0 Å². The third-order valence-electron chi connectivity index (χ3n) is 3.26. The fourth-order valence-electron chi connectivity index (χ4n) is 2.10. The number of rotatable bonds is 10. The Morgan fingerprint density at radius 3 is 1.94 bits per heavy atom. The number of alkyl halides is 1. The second-order valence-electron chi connectivity index (χ2n) is 4.76. The predicted octanol–water partition coefficient (Wildman–Crippen LogP) is 5.21. The van der Waals surface area contributed by atoms with Gasteiger partial charge in [0, 0.05) is 5.88 Å². The van der Waals surface area contributed by atoms with Crippen molar-refractivity contribution in [3.8, 4) is 5.75 Å². The van der Waals surface area contributed by atoms with Gasteiger partial charge < -0.3 is 4.74 Å². The highest BCUT2D eigenvalue weighted by Crippen LogP contribution is 2.14. The summed E-state index contributed by atoms with van der Waals surface area (Å²) in [6, 6.07) is 8.42. The summed E-state index contributed by atoms with van der Waals surface area (Å²) in [5, 5.41) is 0. The molecule has 1 nitrogen and oxygen atoms in total. The lowest BCUT2D eigenvalue weighted by Gasteiger charge is -2.04. The molecule has 0 fully saturated rings. The van der Waals surface area contributed by atoms with Crippen LogP contribution in [0.2, 0.25) is 0 Å². The van der Waals surface area contributed by atoms with E-state index in [9.17, 15) is 0 Å². The van der Waals surface area contributed by atoms with Crippen LogP contribution in [0.25, 0.3) is 0 Å². The van der Waals surface area contributed by atoms with Crippen molar-refractivity contribution in [2.45, 2.75) is 51.4 Å². The zero-order valence-electron chi connectivity index (χ0n) is 11.5. The molecule has 0 saturated heterocycles. The van der Waals surface area contributed by atoms with Gasteiger partial charge >= 0.3 is 0 Å². The lowest BCUT2D eigenvalue weighted by Crippen LogP contribution is -1.88. The van der Waals surface area contributed by atoms with Crippen LogP contribution in [-0.4, -0.2) is 13.0 Å². The van der Waals surface area contributed by atoms with E-state index in [-0.39, 0.29) is 0 Å². The van der Waals surface area contributed by atoms with Gasteiger partial charge in [0.05, 0.1) is 7.11 Å². The molecular weight excluding hydrogens is 244 g/mol. The lowest BCUT2D eigenvalue weighted by molar-refractivity contribution is 0.414. The third kappa shape index (κ3) is 6.90. The minimum atomic E-state index is 0.817. The summed E-state index contributed by atoms with van der Waals surface area (Å²) >= 11 is 5.64. The van der Waals surface area contributed by atoms with E-state index in [2.05, 4.69) is 12.1 Å². The van der Waals surface area contributed by atoms with Gasteiger partial charge in [-0.2, -0.15) is 0 Å². The van der Waals surface area contributed by atoms with Gasteiger partial charge in [0.2, 0.25) is 0 Å². The number of unbranched alkanes of at least 4 members (excludes halogenated alkanes) is 6. The van der Waals surface area contributed by atoms with Gasteiger partial charge in [0.1, 0.15) is 5.75 Å². The van der Waals surface area contributed by atoms with Crippen molar-refractivity contribution in [3.05, 3.63) is 29.8 Å². The fraction of sp³-hybridized carbons (Fsp3) is 0.625. The Bertz CT molecular complexity index is 294. The molecule has 0 aliphatic heterocycles. The molecule has 0 aromatic heterocycles. The highest BCUT2D eigenvalue weighted by Gasteiger charge is 1.95. The first-order valence-electron chi connectivity index (χ1n) is 7.05. The fourth-order valence-corrected chi connectivity index (χ4v) is 2.29. The molecule has 0 spiro atoms. The molecule has 102 valence electrons. The number of halogens is 1. The molecule has 0 atom stereocenters. The summed E-state index contributed by atoms with van der Waals surface area (Å²) in [7, 11) is 1.71. The first-order chi connectivity index (χ1) is 8.86. The molecule has 0 amide bonds. The van der Waals surface area contributed by atoms with Crippen LogP contribution in [0, 0.1) is 0 Å². The van der Waals surface area contributed by atoms with E-state index in [1.54, 1.807) is 7.11 Å². The molecule has 1 aromatic carbocycles. The van der Waals surface area contributed by atoms with Crippen molar-refractivity contribution < 1.29 is 4.74 Å². The predicted molar refractivity (Wildman–Crippen MR) is 79.7 cm³/mol. The summed E-state index contributed by atoms with van der Waals surface area (Å²) in [5.74, 6) is 1.76. The van der Waals surface area contributed by atoms with Crippen LogP contribution in [0.15, 0.2) is 24.3 Å². The van der Waals surface area contributed by atoms with E-state index in [1.165, 1.54) is 56.9 Å². The Kier molecular flexibility index (Phi) is 8.75. The van der Waals surface area contributed by atoms with Gasteiger partial charge in [-0.15, -0.1) is 11.6 Å². The lowest BCUT2D eigenvalue weighted by atomic mass is 10.0. The summed E-state index contributed by atoms with van der Waals surface area (Å²) in [6.07, 6.45) is 10.4. The standard InChI is InChI=1S/C16H25ClO/c1-18-16-12-10-15(11-13-16)9-7-5-3-2-4-6-8-14-17/h10-13H,2-9,14H2,1H3. The number of methoxy groups -OCH3 is 1. The van der Waals surface area contributed by atoms with Crippen molar-refractivity contribution in [3.63, 3.8) is 0 Å². The first-order valence-corrected chi connectivity index (χ1v) is 7.59. The van der Waals surface area contributed by atoms with Crippen LogP contribution >= 0.6 is 11.6 Å². The molecule has 18 heavy (non-hydrogen) atoms. The molecule has 0 aliphatic rings. The van der Waals surface area contributed by atoms with Crippen LogP contribution in [0.4, 0.5) is 0 Å².